The largest absolute Gasteiger partial charge is 0.390 e. The van der Waals surface area contributed by atoms with E-state index in [9.17, 15) is 15.0 Å². The zero-order valence-electron chi connectivity index (χ0n) is 12.2. The van der Waals surface area contributed by atoms with Crippen LogP contribution < -0.4 is 0 Å². The Labute approximate surface area is 128 Å². The number of carbonyl (C=O) groups is 1. The van der Waals surface area contributed by atoms with E-state index in [1.807, 2.05) is 18.2 Å². The van der Waals surface area contributed by atoms with E-state index in [1.165, 1.54) is 0 Å². The molecular formula is C16H19N3O3. The summed E-state index contributed by atoms with van der Waals surface area (Å²) in [6.45, 7) is 0.664. The van der Waals surface area contributed by atoms with Crippen LogP contribution >= 0.6 is 0 Å². The molecule has 2 heterocycles. The van der Waals surface area contributed by atoms with Gasteiger partial charge in [-0.2, -0.15) is 5.10 Å². The summed E-state index contributed by atoms with van der Waals surface area (Å²) in [5.41, 5.74) is -0.810. The van der Waals surface area contributed by atoms with Crippen LogP contribution in [0.5, 0.6) is 0 Å². The molecule has 1 amide bonds. The van der Waals surface area contributed by atoms with E-state index in [2.05, 4.69) is 5.10 Å². The lowest BCUT2D eigenvalue weighted by molar-refractivity contribution is -0.123. The quantitative estimate of drug-likeness (QED) is 0.866. The third kappa shape index (κ3) is 2.88. The minimum Gasteiger partial charge on any atom is -0.390 e. The first-order chi connectivity index (χ1) is 10.6. The van der Waals surface area contributed by atoms with E-state index in [0.29, 0.717) is 18.5 Å². The lowest BCUT2D eigenvalue weighted by Crippen LogP contribution is -2.60. The molecule has 116 valence electrons. The van der Waals surface area contributed by atoms with Gasteiger partial charge < -0.3 is 15.1 Å². The Balaban J connectivity index is 1.77. The minimum atomic E-state index is -1.39. The van der Waals surface area contributed by atoms with Crippen LogP contribution in [0.2, 0.25) is 0 Å². The van der Waals surface area contributed by atoms with Crippen LogP contribution in [0.25, 0.3) is 0 Å². The second-order valence-electron chi connectivity index (χ2n) is 5.70. The van der Waals surface area contributed by atoms with Crippen molar-refractivity contribution in [1.82, 2.24) is 14.7 Å². The zero-order chi connectivity index (χ0) is 15.6. The molecule has 1 fully saturated rings. The fraction of sp³-hybridized carbons (Fsp3) is 0.375. The van der Waals surface area contributed by atoms with Gasteiger partial charge in [-0.05, 0) is 24.6 Å². The molecule has 2 N–H and O–H groups in total. The van der Waals surface area contributed by atoms with E-state index in [-0.39, 0.29) is 19.0 Å². The molecule has 1 saturated heterocycles. The highest BCUT2D eigenvalue weighted by Crippen LogP contribution is 2.25. The number of rotatable bonds is 3. The van der Waals surface area contributed by atoms with Gasteiger partial charge in [-0.3, -0.25) is 9.48 Å². The Bertz CT molecular complexity index is 629. The van der Waals surface area contributed by atoms with Crippen molar-refractivity contribution in [3.8, 4) is 0 Å². The molecule has 2 aromatic rings. The first-order valence-corrected chi connectivity index (χ1v) is 7.31. The van der Waals surface area contributed by atoms with Crippen molar-refractivity contribution in [2.24, 2.45) is 0 Å². The molecule has 6 heteroatoms. The first-order valence-electron chi connectivity index (χ1n) is 7.31. The maximum atomic E-state index is 12.5. The number of nitrogens with zero attached hydrogens (tertiary/aromatic N) is 3. The lowest BCUT2D eigenvalue weighted by Gasteiger charge is -2.42. The summed E-state index contributed by atoms with van der Waals surface area (Å²) in [6, 6.07) is 10.7. The van der Waals surface area contributed by atoms with Crippen molar-refractivity contribution in [2.75, 3.05) is 13.1 Å². The lowest BCUT2D eigenvalue weighted by atomic mass is 9.89. The van der Waals surface area contributed by atoms with E-state index in [1.54, 1.807) is 40.2 Å². The summed E-state index contributed by atoms with van der Waals surface area (Å²) >= 11 is 0. The smallest absolute Gasteiger partial charge is 0.253 e. The van der Waals surface area contributed by atoms with E-state index in [0.717, 1.165) is 0 Å². The Morgan fingerprint density at radius 2 is 2.09 bits per heavy atom. The number of aromatic nitrogens is 2. The number of piperidine rings is 1. The van der Waals surface area contributed by atoms with Gasteiger partial charge in [0.1, 0.15) is 5.60 Å². The van der Waals surface area contributed by atoms with Gasteiger partial charge in [-0.1, -0.05) is 18.2 Å². The molecule has 6 nitrogen and oxygen atoms in total. The Kier molecular flexibility index (Phi) is 3.96. The van der Waals surface area contributed by atoms with Gasteiger partial charge in [0.15, 0.2) is 0 Å². The summed E-state index contributed by atoms with van der Waals surface area (Å²) < 4.78 is 1.57. The van der Waals surface area contributed by atoms with Crippen molar-refractivity contribution < 1.29 is 15.0 Å². The number of amides is 1. The molecule has 0 bridgehead atoms. The molecule has 1 aromatic carbocycles. The normalized spacial score (nSPS) is 25.2. The third-order valence-electron chi connectivity index (χ3n) is 4.06. The molecule has 22 heavy (non-hydrogen) atoms. The SMILES string of the molecule is O=C(c1ccccc1)N1CC[C@@H](O)[C@](O)(Cn2cccn2)C1. The van der Waals surface area contributed by atoms with Gasteiger partial charge in [0, 0.05) is 24.5 Å². The molecule has 1 aromatic heterocycles. The van der Waals surface area contributed by atoms with Crippen molar-refractivity contribution in [3.63, 3.8) is 0 Å². The highest BCUT2D eigenvalue weighted by atomic mass is 16.3. The van der Waals surface area contributed by atoms with E-state index >= 15 is 0 Å². The number of aliphatic hydroxyl groups is 2. The summed E-state index contributed by atoms with van der Waals surface area (Å²) in [4.78, 5) is 14.1. The average molecular weight is 301 g/mol. The summed E-state index contributed by atoms with van der Waals surface area (Å²) in [6.07, 6.45) is 2.81. The molecule has 3 rings (SSSR count). The molecule has 0 spiro atoms. The Morgan fingerprint density at radius 3 is 2.77 bits per heavy atom. The maximum Gasteiger partial charge on any atom is 0.253 e. The molecular weight excluding hydrogens is 282 g/mol. The second-order valence-corrected chi connectivity index (χ2v) is 5.70. The summed E-state index contributed by atoms with van der Waals surface area (Å²) in [5, 5.41) is 25.0. The predicted molar refractivity (Wildman–Crippen MR) is 80.1 cm³/mol. The number of benzene rings is 1. The van der Waals surface area contributed by atoms with Crippen molar-refractivity contribution in [2.45, 2.75) is 24.7 Å². The monoisotopic (exact) mass is 301 g/mol. The van der Waals surface area contributed by atoms with Crippen molar-refractivity contribution >= 4 is 5.91 Å². The average Bonchev–Trinajstić information content (AvgIpc) is 3.03. The van der Waals surface area contributed by atoms with Crippen LogP contribution in [0, 0.1) is 0 Å². The van der Waals surface area contributed by atoms with Crippen LogP contribution in [-0.2, 0) is 6.54 Å². The first kappa shape index (κ1) is 14.7. The van der Waals surface area contributed by atoms with Crippen molar-refractivity contribution in [1.29, 1.82) is 0 Å². The molecule has 0 radical (unpaired) electrons. The number of aliphatic hydroxyl groups excluding tert-OH is 1. The molecule has 0 saturated carbocycles. The standard InChI is InChI=1S/C16H19N3O3/c20-14-7-10-18(15(21)13-5-2-1-3-6-13)11-16(14,22)12-19-9-4-8-17-19/h1-6,8-9,14,20,22H,7,10-12H2/t14-,16-/m1/s1. The maximum absolute atomic E-state index is 12.5. The summed E-state index contributed by atoms with van der Waals surface area (Å²) in [7, 11) is 0. The van der Waals surface area contributed by atoms with Gasteiger partial charge in [0.25, 0.3) is 5.91 Å². The fourth-order valence-corrected chi connectivity index (χ4v) is 2.83. The molecule has 0 unspecified atom stereocenters. The Hall–Kier alpha value is -2.18. The second kappa shape index (κ2) is 5.90. The zero-order valence-corrected chi connectivity index (χ0v) is 12.2. The highest BCUT2D eigenvalue weighted by molar-refractivity contribution is 5.94. The minimum absolute atomic E-state index is 0.0851. The van der Waals surface area contributed by atoms with E-state index < -0.39 is 11.7 Å². The highest BCUT2D eigenvalue weighted by Gasteiger charge is 2.43. The van der Waals surface area contributed by atoms with Gasteiger partial charge in [-0.25, -0.2) is 0 Å². The van der Waals surface area contributed by atoms with Gasteiger partial charge >= 0.3 is 0 Å². The van der Waals surface area contributed by atoms with Gasteiger partial charge in [0.05, 0.1) is 19.2 Å². The topological polar surface area (TPSA) is 78.6 Å². The van der Waals surface area contributed by atoms with Crippen molar-refractivity contribution in [3.05, 3.63) is 54.4 Å². The Morgan fingerprint density at radius 1 is 1.32 bits per heavy atom. The number of likely N-dealkylation sites (tertiary alicyclic amines) is 1. The van der Waals surface area contributed by atoms with Crippen LogP contribution in [0.4, 0.5) is 0 Å². The van der Waals surface area contributed by atoms with Crippen LogP contribution in [0.15, 0.2) is 48.8 Å². The van der Waals surface area contributed by atoms with Crippen LogP contribution in [0.1, 0.15) is 16.8 Å². The number of β-amino-alcohol motifs (C(OH)–C–C–N with tert-alkyl or cyclic N) is 1. The van der Waals surface area contributed by atoms with E-state index in [4.69, 9.17) is 0 Å². The third-order valence-corrected chi connectivity index (χ3v) is 4.06. The molecule has 0 aliphatic carbocycles. The molecule has 1 aliphatic heterocycles. The van der Waals surface area contributed by atoms with Crippen LogP contribution in [0.3, 0.4) is 0 Å². The molecule has 2 atom stereocenters. The number of hydrogen-bond acceptors (Lipinski definition) is 4. The molecule has 1 aliphatic rings. The predicted octanol–water partition coefficient (Wildman–Crippen LogP) is 0.521. The van der Waals surface area contributed by atoms with Crippen LogP contribution in [-0.4, -0.2) is 55.6 Å². The van der Waals surface area contributed by atoms with Gasteiger partial charge in [-0.15, -0.1) is 0 Å². The number of hydrogen-bond donors (Lipinski definition) is 2. The number of carbonyl (C=O) groups excluding carboxylic acids is 1. The fourth-order valence-electron chi connectivity index (χ4n) is 2.83. The van der Waals surface area contributed by atoms with Gasteiger partial charge in [0.2, 0.25) is 0 Å². The summed E-state index contributed by atoms with van der Waals surface area (Å²) in [5.74, 6) is -0.133.